The lowest BCUT2D eigenvalue weighted by molar-refractivity contribution is 0.595. The number of rotatable bonds is 1. The molecule has 2 aromatic rings. The molecule has 0 aromatic carbocycles. The molecule has 0 radical (unpaired) electrons. The van der Waals surface area contributed by atoms with Crippen molar-refractivity contribution in [3.8, 4) is 16.8 Å². The van der Waals surface area contributed by atoms with E-state index in [1.54, 1.807) is 0 Å². The number of nitrogen functional groups attached to an aromatic ring is 1. The molecule has 2 heterocycles. The highest BCUT2D eigenvalue weighted by Gasteiger charge is 2.14. The summed E-state index contributed by atoms with van der Waals surface area (Å²) in [5.41, 5.74) is 6.68. The van der Waals surface area contributed by atoms with E-state index in [1.165, 1.54) is 11.3 Å². The predicted molar refractivity (Wildman–Crippen MR) is 53.7 cm³/mol. The third-order valence-corrected chi connectivity index (χ3v) is 2.82. The zero-order chi connectivity index (χ0) is 10.1. The molecule has 0 saturated heterocycles. The van der Waals surface area contributed by atoms with Crippen LogP contribution in [0.1, 0.15) is 11.3 Å². The highest BCUT2D eigenvalue weighted by atomic mass is 32.1. The molecule has 0 fully saturated rings. The average Bonchev–Trinajstić information content (AvgIpc) is 2.71. The summed E-state index contributed by atoms with van der Waals surface area (Å²) < 4.78 is 5.19. The molecule has 2 rings (SSSR count). The molecule has 0 spiro atoms. The van der Waals surface area contributed by atoms with Gasteiger partial charge in [0.25, 0.3) is 0 Å². The van der Waals surface area contributed by atoms with Crippen molar-refractivity contribution in [2.75, 3.05) is 5.73 Å². The maximum absolute atomic E-state index is 8.65. The number of aromatic nitrogens is 1. The van der Waals surface area contributed by atoms with Crippen LogP contribution in [0.4, 0.5) is 5.88 Å². The van der Waals surface area contributed by atoms with Crippen LogP contribution in [0.25, 0.3) is 10.8 Å². The second kappa shape index (κ2) is 3.16. The Morgan fingerprint density at radius 2 is 2.43 bits per heavy atom. The van der Waals surface area contributed by atoms with Gasteiger partial charge in [0.2, 0.25) is 17.5 Å². The normalized spacial score (nSPS) is 10.0. The molecule has 0 unspecified atom stereocenters. The largest absolute Gasteiger partial charge is 0.419 e. The molecule has 0 atom stereocenters. The Kier molecular flexibility index (Phi) is 1.98. The van der Waals surface area contributed by atoms with Gasteiger partial charge in [-0.25, -0.2) is 0 Å². The SMILES string of the molecule is Cc1ccsc1-c1nc(C#N)c(N)o1. The standard InChI is InChI=1S/C9H7N3OS/c1-5-2-3-14-7(5)9-12-6(4-10)8(11)13-9/h2-3H,11H2,1H3. The van der Waals surface area contributed by atoms with Crippen molar-refractivity contribution in [3.05, 3.63) is 22.7 Å². The highest BCUT2D eigenvalue weighted by molar-refractivity contribution is 7.13. The number of thiophene rings is 1. The Morgan fingerprint density at radius 3 is 2.93 bits per heavy atom. The van der Waals surface area contributed by atoms with Crippen LogP contribution in [0, 0.1) is 18.3 Å². The molecular formula is C9H7N3OS. The van der Waals surface area contributed by atoms with E-state index < -0.39 is 0 Å². The summed E-state index contributed by atoms with van der Waals surface area (Å²) in [6.07, 6.45) is 0. The topological polar surface area (TPSA) is 75.8 Å². The number of nitriles is 1. The van der Waals surface area contributed by atoms with E-state index in [0.29, 0.717) is 5.89 Å². The van der Waals surface area contributed by atoms with Crippen LogP contribution < -0.4 is 5.73 Å². The molecule has 2 aromatic heterocycles. The lowest BCUT2D eigenvalue weighted by Gasteiger charge is -1.89. The number of aryl methyl sites for hydroxylation is 1. The van der Waals surface area contributed by atoms with Crippen LogP contribution in [0.3, 0.4) is 0 Å². The van der Waals surface area contributed by atoms with Gasteiger partial charge in [0, 0.05) is 0 Å². The summed E-state index contributed by atoms with van der Waals surface area (Å²) in [5.74, 6) is 0.502. The third kappa shape index (κ3) is 1.26. The third-order valence-electron chi connectivity index (χ3n) is 1.82. The van der Waals surface area contributed by atoms with Crippen molar-refractivity contribution in [1.29, 1.82) is 5.26 Å². The summed E-state index contributed by atoms with van der Waals surface area (Å²) in [4.78, 5) is 4.90. The van der Waals surface area contributed by atoms with Crippen molar-refractivity contribution in [3.63, 3.8) is 0 Å². The number of hydrogen-bond donors (Lipinski definition) is 1. The molecule has 0 bridgehead atoms. The average molecular weight is 205 g/mol. The maximum Gasteiger partial charge on any atom is 0.240 e. The van der Waals surface area contributed by atoms with Crippen molar-refractivity contribution in [1.82, 2.24) is 4.98 Å². The number of hydrogen-bond acceptors (Lipinski definition) is 5. The Hall–Kier alpha value is -1.80. The van der Waals surface area contributed by atoms with E-state index >= 15 is 0 Å². The fraction of sp³-hybridized carbons (Fsp3) is 0.111. The van der Waals surface area contributed by atoms with E-state index in [2.05, 4.69) is 4.98 Å². The van der Waals surface area contributed by atoms with E-state index in [1.807, 2.05) is 24.4 Å². The van der Waals surface area contributed by atoms with E-state index in [4.69, 9.17) is 15.4 Å². The molecule has 2 N–H and O–H groups in total. The quantitative estimate of drug-likeness (QED) is 0.774. The first-order valence-corrected chi connectivity index (χ1v) is 4.81. The molecule has 5 heteroatoms. The Labute approximate surface area is 84.6 Å². The minimum Gasteiger partial charge on any atom is -0.419 e. The van der Waals surface area contributed by atoms with Gasteiger partial charge >= 0.3 is 0 Å². The summed E-state index contributed by atoms with van der Waals surface area (Å²) in [6.45, 7) is 1.96. The molecular weight excluding hydrogens is 198 g/mol. The first-order chi connectivity index (χ1) is 6.72. The van der Waals surface area contributed by atoms with Gasteiger partial charge in [0.15, 0.2) is 0 Å². The molecule has 0 saturated carbocycles. The molecule has 70 valence electrons. The number of anilines is 1. The van der Waals surface area contributed by atoms with Crippen LogP contribution in [0.15, 0.2) is 15.9 Å². The minimum atomic E-state index is 0.0790. The lowest BCUT2D eigenvalue weighted by Crippen LogP contribution is -1.84. The van der Waals surface area contributed by atoms with Gasteiger partial charge in [-0.3, -0.25) is 0 Å². The van der Waals surface area contributed by atoms with E-state index in [9.17, 15) is 0 Å². The first-order valence-electron chi connectivity index (χ1n) is 3.93. The van der Waals surface area contributed by atoms with Crippen LogP contribution in [0.5, 0.6) is 0 Å². The number of nitrogens with two attached hydrogens (primary N) is 1. The van der Waals surface area contributed by atoms with Crippen LogP contribution >= 0.6 is 11.3 Å². The maximum atomic E-state index is 8.65. The molecule has 14 heavy (non-hydrogen) atoms. The summed E-state index contributed by atoms with van der Waals surface area (Å²) in [7, 11) is 0. The predicted octanol–water partition coefficient (Wildman–Crippen LogP) is 2.17. The van der Waals surface area contributed by atoms with Crippen LogP contribution in [-0.4, -0.2) is 4.98 Å². The Morgan fingerprint density at radius 1 is 1.64 bits per heavy atom. The van der Waals surface area contributed by atoms with Gasteiger partial charge in [-0.2, -0.15) is 10.2 Å². The molecule has 4 nitrogen and oxygen atoms in total. The molecule has 0 amide bonds. The highest BCUT2D eigenvalue weighted by Crippen LogP contribution is 2.30. The van der Waals surface area contributed by atoms with Crippen molar-refractivity contribution in [2.24, 2.45) is 0 Å². The number of nitrogens with zero attached hydrogens (tertiary/aromatic N) is 2. The molecule has 0 aliphatic heterocycles. The van der Waals surface area contributed by atoms with Gasteiger partial charge in [-0.15, -0.1) is 11.3 Å². The van der Waals surface area contributed by atoms with Gasteiger partial charge in [-0.1, -0.05) is 0 Å². The van der Waals surface area contributed by atoms with Crippen molar-refractivity contribution in [2.45, 2.75) is 6.92 Å². The Balaban J connectivity index is 2.54. The first kappa shape index (κ1) is 8.78. The molecule has 0 aliphatic carbocycles. The Bertz CT molecular complexity index is 506. The zero-order valence-electron chi connectivity index (χ0n) is 7.44. The van der Waals surface area contributed by atoms with Crippen LogP contribution in [-0.2, 0) is 0 Å². The second-order valence-corrected chi connectivity index (χ2v) is 3.69. The fourth-order valence-corrected chi connectivity index (χ4v) is 1.95. The second-order valence-electron chi connectivity index (χ2n) is 2.78. The smallest absolute Gasteiger partial charge is 0.240 e. The summed E-state index contributed by atoms with van der Waals surface area (Å²) in [5, 5.41) is 10.6. The fourth-order valence-electron chi connectivity index (χ4n) is 1.10. The monoisotopic (exact) mass is 205 g/mol. The summed E-state index contributed by atoms with van der Waals surface area (Å²) >= 11 is 1.51. The van der Waals surface area contributed by atoms with E-state index in [-0.39, 0.29) is 11.6 Å². The lowest BCUT2D eigenvalue weighted by atomic mass is 10.3. The van der Waals surface area contributed by atoms with Gasteiger partial charge < -0.3 is 10.2 Å². The molecule has 0 aliphatic rings. The van der Waals surface area contributed by atoms with Gasteiger partial charge in [-0.05, 0) is 23.9 Å². The summed E-state index contributed by atoms with van der Waals surface area (Å²) in [6, 6.07) is 3.84. The van der Waals surface area contributed by atoms with Gasteiger partial charge in [0.1, 0.15) is 6.07 Å². The van der Waals surface area contributed by atoms with Crippen molar-refractivity contribution >= 4 is 17.2 Å². The van der Waals surface area contributed by atoms with Crippen LogP contribution in [0.2, 0.25) is 0 Å². The number of oxazole rings is 1. The van der Waals surface area contributed by atoms with Crippen molar-refractivity contribution < 1.29 is 4.42 Å². The zero-order valence-corrected chi connectivity index (χ0v) is 8.26. The minimum absolute atomic E-state index is 0.0790. The van der Waals surface area contributed by atoms with E-state index in [0.717, 1.165) is 10.4 Å². The van der Waals surface area contributed by atoms with Gasteiger partial charge in [0.05, 0.1) is 4.88 Å².